The maximum atomic E-state index is 12.8. The zero-order valence-corrected chi connectivity index (χ0v) is 18.9. The number of non-ortho nitro benzene ring substituents is 1. The van der Waals surface area contributed by atoms with Gasteiger partial charge >= 0.3 is 0 Å². The van der Waals surface area contributed by atoms with E-state index in [0.29, 0.717) is 18.7 Å². The van der Waals surface area contributed by atoms with Gasteiger partial charge in [-0.25, -0.2) is 8.42 Å². The van der Waals surface area contributed by atoms with Crippen molar-refractivity contribution in [2.75, 3.05) is 13.1 Å². The highest BCUT2D eigenvalue weighted by atomic mass is 32.2. The number of aromatic nitrogens is 2. The lowest BCUT2D eigenvalue weighted by Gasteiger charge is -2.18. The van der Waals surface area contributed by atoms with Crippen LogP contribution in [0.5, 0.6) is 0 Å². The van der Waals surface area contributed by atoms with Crippen LogP contribution in [0.3, 0.4) is 0 Å². The standard InChI is InChI=1S/C20H22N4O5S2/c1-4-23(5-2)31(27,28)18-11-7-9-16(13-18)19-21-22-20(29-19)30-14(3)15-8-6-10-17(12-15)24(25)26/h6-14H,4-5H2,1-3H3. The molecule has 2 aromatic carbocycles. The number of nitrogens with zero attached hydrogens (tertiary/aromatic N) is 4. The third-order valence-electron chi connectivity index (χ3n) is 4.66. The predicted molar refractivity (Wildman–Crippen MR) is 117 cm³/mol. The Labute approximate surface area is 184 Å². The Morgan fingerprint density at radius 1 is 1.13 bits per heavy atom. The topological polar surface area (TPSA) is 119 Å². The predicted octanol–water partition coefficient (Wildman–Crippen LogP) is 4.53. The third kappa shape index (κ3) is 5.12. The highest BCUT2D eigenvalue weighted by Crippen LogP contribution is 2.36. The molecule has 9 nitrogen and oxygen atoms in total. The summed E-state index contributed by atoms with van der Waals surface area (Å²) in [5.41, 5.74) is 1.27. The Morgan fingerprint density at radius 2 is 1.84 bits per heavy atom. The molecule has 0 N–H and O–H groups in total. The molecule has 0 aliphatic rings. The van der Waals surface area contributed by atoms with Crippen LogP contribution >= 0.6 is 11.8 Å². The van der Waals surface area contributed by atoms with Crippen LogP contribution in [0.4, 0.5) is 5.69 Å². The van der Waals surface area contributed by atoms with E-state index in [9.17, 15) is 18.5 Å². The van der Waals surface area contributed by atoms with Crippen molar-refractivity contribution in [3.63, 3.8) is 0 Å². The minimum atomic E-state index is -3.61. The second-order valence-corrected chi connectivity index (χ2v) is 9.83. The molecule has 1 atom stereocenters. The summed E-state index contributed by atoms with van der Waals surface area (Å²) in [6.45, 7) is 6.20. The highest BCUT2D eigenvalue weighted by molar-refractivity contribution is 7.99. The van der Waals surface area contributed by atoms with E-state index in [4.69, 9.17) is 4.42 Å². The molecular weight excluding hydrogens is 440 g/mol. The smallest absolute Gasteiger partial charge is 0.277 e. The summed E-state index contributed by atoms with van der Waals surface area (Å²) in [6, 6.07) is 12.8. The molecule has 0 spiro atoms. The van der Waals surface area contributed by atoms with Gasteiger partial charge < -0.3 is 4.42 Å². The van der Waals surface area contributed by atoms with Gasteiger partial charge in [-0.2, -0.15) is 4.31 Å². The lowest BCUT2D eigenvalue weighted by Crippen LogP contribution is -2.30. The molecule has 0 fully saturated rings. The summed E-state index contributed by atoms with van der Waals surface area (Å²) in [5, 5.41) is 19.2. The fourth-order valence-corrected chi connectivity index (χ4v) is 5.29. The molecule has 0 saturated heterocycles. The molecule has 3 aromatic rings. The average molecular weight is 463 g/mol. The summed E-state index contributed by atoms with van der Waals surface area (Å²) in [6.07, 6.45) is 0. The minimum absolute atomic E-state index is 0.0161. The molecule has 0 radical (unpaired) electrons. The molecule has 164 valence electrons. The summed E-state index contributed by atoms with van der Waals surface area (Å²) in [7, 11) is -3.61. The Bertz CT molecular complexity index is 1180. The lowest BCUT2D eigenvalue weighted by atomic mass is 10.1. The normalized spacial score (nSPS) is 12.8. The number of rotatable bonds is 9. The summed E-state index contributed by atoms with van der Waals surface area (Å²) < 4.78 is 32.6. The Morgan fingerprint density at radius 3 is 2.52 bits per heavy atom. The number of thioether (sulfide) groups is 1. The van der Waals surface area contributed by atoms with Gasteiger partial charge in [-0.3, -0.25) is 10.1 Å². The first-order valence-electron chi connectivity index (χ1n) is 9.61. The van der Waals surface area contributed by atoms with Crippen LogP contribution in [0.15, 0.2) is 63.1 Å². The fraction of sp³-hybridized carbons (Fsp3) is 0.300. The van der Waals surface area contributed by atoms with E-state index in [-0.39, 0.29) is 26.9 Å². The van der Waals surface area contributed by atoms with Gasteiger partial charge in [0, 0.05) is 36.0 Å². The molecule has 1 unspecified atom stereocenters. The second kappa shape index (κ2) is 9.58. The first kappa shape index (κ1) is 22.9. The van der Waals surface area contributed by atoms with Gasteiger partial charge in [0.05, 0.1) is 9.82 Å². The maximum absolute atomic E-state index is 12.8. The number of nitro benzene ring substituents is 1. The summed E-state index contributed by atoms with van der Waals surface area (Å²) in [5.74, 6) is 0.199. The minimum Gasteiger partial charge on any atom is -0.411 e. The first-order chi connectivity index (χ1) is 14.8. The zero-order valence-electron chi connectivity index (χ0n) is 17.3. The number of nitro groups is 1. The first-order valence-corrected chi connectivity index (χ1v) is 11.9. The number of sulfonamides is 1. The largest absolute Gasteiger partial charge is 0.411 e. The SMILES string of the molecule is CCN(CC)S(=O)(=O)c1cccc(-c2nnc(SC(C)c3cccc([N+](=O)[O-])c3)o2)c1. The molecule has 1 aromatic heterocycles. The van der Waals surface area contributed by atoms with Gasteiger partial charge in [-0.1, -0.05) is 43.8 Å². The van der Waals surface area contributed by atoms with E-state index in [2.05, 4.69) is 10.2 Å². The summed E-state index contributed by atoms with van der Waals surface area (Å²) >= 11 is 1.27. The number of hydrogen-bond donors (Lipinski definition) is 0. The number of hydrogen-bond acceptors (Lipinski definition) is 8. The molecule has 1 heterocycles. The van der Waals surface area contributed by atoms with Crippen LogP contribution in [-0.4, -0.2) is 40.9 Å². The van der Waals surface area contributed by atoms with Crippen LogP contribution < -0.4 is 0 Å². The molecule has 0 aliphatic carbocycles. The average Bonchev–Trinajstić information content (AvgIpc) is 3.23. The molecular formula is C20H22N4O5S2. The van der Waals surface area contributed by atoms with Crippen LogP contribution in [0.25, 0.3) is 11.5 Å². The summed E-state index contributed by atoms with van der Waals surface area (Å²) in [4.78, 5) is 10.7. The fourth-order valence-electron chi connectivity index (χ4n) is 2.99. The Kier molecular flexibility index (Phi) is 7.08. The maximum Gasteiger partial charge on any atom is 0.277 e. The van der Waals surface area contributed by atoms with Crippen molar-refractivity contribution in [3.05, 3.63) is 64.2 Å². The molecule has 3 rings (SSSR count). The lowest BCUT2D eigenvalue weighted by molar-refractivity contribution is -0.384. The van der Waals surface area contributed by atoms with Crippen LogP contribution in [0.1, 0.15) is 31.6 Å². The van der Waals surface area contributed by atoms with Gasteiger partial charge in [0.15, 0.2) is 0 Å². The van der Waals surface area contributed by atoms with Crippen molar-refractivity contribution in [2.45, 2.75) is 36.1 Å². The van der Waals surface area contributed by atoms with Crippen LogP contribution in [0, 0.1) is 10.1 Å². The Hall–Kier alpha value is -2.76. The second-order valence-electron chi connectivity index (χ2n) is 6.60. The number of benzene rings is 2. The van der Waals surface area contributed by atoms with Crippen molar-refractivity contribution in [1.29, 1.82) is 0 Å². The highest BCUT2D eigenvalue weighted by Gasteiger charge is 2.23. The molecule has 0 aliphatic heterocycles. The van der Waals surface area contributed by atoms with Crippen molar-refractivity contribution in [2.24, 2.45) is 0 Å². The quantitative estimate of drug-likeness (QED) is 0.258. The van der Waals surface area contributed by atoms with Crippen molar-refractivity contribution < 1.29 is 17.8 Å². The van der Waals surface area contributed by atoms with Gasteiger partial charge in [0.2, 0.25) is 15.9 Å². The van der Waals surface area contributed by atoms with Crippen molar-refractivity contribution in [1.82, 2.24) is 14.5 Å². The van der Waals surface area contributed by atoms with Crippen LogP contribution in [0.2, 0.25) is 0 Å². The van der Waals surface area contributed by atoms with E-state index in [1.807, 2.05) is 6.92 Å². The monoisotopic (exact) mass is 462 g/mol. The van der Waals surface area contributed by atoms with Gasteiger partial charge in [0.1, 0.15) is 0 Å². The van der Waals surface area contributed by atoms with Gasteiger partial charge in [-0.05, 0) is 30.7 Å². The van der Waals surface area contributed by atoms with Gasteiger partial charge in [0.25, 0.3) is 10.9 Å². The van der Waals surface area contributed by atoms with E-state index in [1.165, 1.54) is 40.3 Å². The third-order valence-corrected chi connectivity index (χ3v) is 7.70. The molecule has 0 saturated carbocycles. The van der Waals surface area contributed by atoms with Crippen molar-refractivity contribution >= 4 is 27.5 Å². The van der Waals surface area contributed by atoms with Crippen LogP contribution in [-0.2, 0) is 10.0 Å². The van der Waals surface area contributed by atoms with E-state index in [1.54, 1.807) is 38.1 Å². The van der Waals surface area contributed by atoms with Gasteiger partial charge in [-0.15, -0.1) is 10.2 Å². The van der Waals surface area contributed by atoms with E-state index < -0.39 is 14.9 Å². The molecule has 0 bridgehead atoms. The van der Waals surface area contributed by atoms with E-state index >= 15 is 0 Å². The molecule has 31 heavy (non-hydrogen) atoms. The van der Waals surface area contributed by atoms with E-state index in [0.717, 1.165) is 5.56 Å². The zero-order chi connectivity index (χ0) is 22.6. The Balaban J connectivity index is 1.81. The van der Waals surface area contributed by atoms with Crippen molar-refractivity contribution in [3.8, 4) is 11.5 Å². The molecule has 11 heteroatoms. The molecule has 0 amide bonds.